The third-order valence-electron chi connectivity index (χ3n) is 6.01. The standard InChI is InChI=1S/C24H22FN3O4/c1-31-24(30)18-13-32-23-16-3-2-15(25)12-17(16)22(29)20(19(18)23)21(14-4-6-26-7-5-14)28-10-8-27-9-11-28/h2-7,12-13,21,27,29H,8-11H2,1H3. The Morgan fingerprint density at radius 3 is 2.69 bits per heavy atom. The highest BCUT2D eigenvalue weighted by Crippen LogP contribution is 2.46. The zero-order chi connectivity index (χ0) is 22.2. The number of aromatic nitrogens is 1. The van der Waals surface area contributed by atoms with Gasteiger partial charge in [-0.15, -0.1) is 0 Å². The first-order valence-corrected chi connectivity index (χ1v) is 10.4. The van der Waals surface area contributed by atoms with Crippen molar-refractivity contribution in [2.24, 2.45) is 0 Å². The van der Waals surface area contributed by atoms with E-state index in [4.69, 9.17) is 9.15 Å². The largest absolute Gasteiger partial charge is 0.507 e. The number of pyridine rings is 1. The number of esters is 1. The third-order valence-corrected chi connectivity index (χ3v) is 6.01. The molecule has 2 N–H and O–H groups in total. The highest BCUT2D eigenvalue weighted by Gasteiger charge is 2.33. The number of benzene rings is 2. The topological polar surface area (TPSA) is 87.8 Å². The molecule has 1 atom stereocenters. The van der Waals surface area contributed by atoms with Gasteiger partial charge in [-0.2, -0.15) is 0 Å². The van der Waals surface area contributed by atoms with Crippen LogP contribution in [0.15, 0.2) is 53.4 Å². The second-order valence-electron chi connectivity index (χ2n) is 7.77. The number of carbonyl (C=O) groups is 1. The number of aromatic hydroxyl groups is 1. The summed E-state index contributed by atoms with van der Waals surface area (Å²) < 4.78 is 25.0. The Morgan fingerprint density at radius 2 is 1.97 bits per heavy atom. The number of ether oxygens (including phenoxy) is 1. The SMILES string of the molecule is COC(=O)c1coc2c1c(C(c1ccncc1)N1CCNCC1)c(O)c1cc(F)ccc12. The highest BCUT2D eigenvalue weighted by molar-refractivity contribution is 6.16. The molecule has 1 aliphatic rings. The Morgan fingerprint density at radius 1 is 1.22 bits per heavy atom. The maximum atomic E-state index is 14.2. The van der Waals surface area contributed by atoms with E-state index in [0.717, 1.165) is 31.7 Å². The maximum absolute atomic E-state index is 14.2. The molecule has 1 saturated heterocycles. The molecule has 164 valence electrons. The molecule has 3 heterocycles. The number of hydrogen-bond donors (Lipinski definition) is 2. The third kappa shape index (κ3) is 3.28. The lowest BCUT2D eigenvalue weighted by Gasteiger charge is -2.36. The molecule has 2 aromatic heterocycles. The number of furan rings is 1. The molecule has 2 aromatic carbocycles. The van der Waals surface area contributed by atoms with Gasteiger partial charge in [0.15, 0.2) is 0 Å². The molecule has 8 heteroatoms. The molecule has 32 heavy (non-hydrogen) atoms. The van der Waals surface area contributed by atoms with Gasteiger partial charge in [-0.3, -0.25) is 9.88 Å². The molecule has 1 unspecified atom stereocenters. The van der Waals surface area contributed by atoms with Gasteiger partial charge in [0.2, 0.25) is 0 Å². The smallest absolute Gasteiger partial charge is 0.341 e. The number of hydrogen-bond acceptors (Lipinski definition) is 7. The molecular formula is C24H22FN3O4. The Bertz CT molecular complexity index is 1300. The Kier molecular flexibility index (Phi) is 5.24. The minimum absolute atomic E-state index is 0.0844. The van der Waals surface area contributed by atoms with E-state index < -0.39 is 17.8 Å². The first-order valence-electron chi connectivity index (χ1n) is 10.4. The predicted molar refractivity (Wildman–Crippen MR) is 117 cm³/mol. The van der Waals surface area contributed by atoms with Crippen molar-refractivity contribution >= 4 is 27.7 Å². The summed E-state index contributed by atoms with van der Waals surface area (Å²) >= 11 is 0. The van der Waals surface area contributed by atoms with Crippen molar-refractivity contribution in [3.8, 4) is 5.75 Å². The minimum Gasteiger partial charge on any atom is -0.507 e. The van der Waals surface area contributed by atoms with Gasteiger partial charge in [-0.1, -0.05) is 0 Å². The fraction of sp³-hybridized carbons (Fsp3) is 0.250. The second kappa shape index (κ2) is 8.22. The van der Waals surface area contributed by atoms with Crippen molar-refractivity contribution in [2.45, 2.75) is 6.04 Å². The van der Waals surface area contributed by atoms with Gasteiger partial charge in [0.1, 0.15) is 29.0 Å². The molecule has 0 amide bonds. The van der Waals surface area contributed by atoms with Crippen LogP contribution in [0.2, 0.25) is 0 Å². The molecule has 0 radical (unpaired) electrons. The van der Waals surface area contributed by atoms with Crippen LogP contribution in [-0.2, 0) is 4.74 Å². The van der Waals surface area contributed by atoms with Crippen LogP contribution in [-0.4, -0.2) is 54.2 Å². The summed E-state index contributed by atoms with van der Waals surface area (Å²) in [6.07, 6.45) is 4.72. The van der Waals surface area contributed by atoms with Crippen molar-refractivity contribution in [3.05, 3.63) is 71.5 Å². The van der Waals surface area contributed by atoms with E-state index in [0.29, 0.717) is 27.3 Å². The van der Waals surface area contributed by atoms with Crippen LogP contribution < -0.4 is 5.32 Å². The first-order chi connectivity index (χ1) is 15.6. The summed E-state index contributed by atoms with van der Waals surface area (Å²) in [6.45, 7) is 3.01. The number of nitrogens with one attached hydrogen (secondary N) is 1. The summed E-state index contributed by atoms with van der Waals surface area (Å²) in [6, 6.07) is 7.49. The summed E-state index contributed by atoms with van der Waals surface area (Å²) in [5, 5.41) is 16.2. The molecule has 0 bridgehead atoms. The van der Waals surface area contributed by atoms with Crippen LogP contribution in [0.3, 0.4) is 0 Å². The number of phenolic OH excluding ortho intramolecular Hbond substituents is 1. The lowest BCUT2D eigenvalue weighted by atomic mass is 9.89. The normalized spacial score (nSPS) is 15.8. The van der Waals surface area contributed by atoms with Gasteiger partial charge < -0.3 is 19.6 Å². The molecule has 4 aromatic rings. The first kappa shape index (κ1) is 20.4. The average Bonchev–Trinajstić information content (AvgIpc) is 3.27. The van der Waals surface area contributed by atoms with Crippen LogP contribution in [0.5, 0.6) is 5.75 Å². The fourth-order valence-electron chi connectivity index (χ4n) is 4.57. The molecule has 7 nitrogen and oxygen atoms in total. The highest BCUT2D eigenvalue weighted by atomic mass is 19.1. The van der Waals surface area contributed by atoms with Crippen LogP contribution in [0.25, 0.3) is 21.7 Å². The molecule has 0 aliphatic carbocycles. The number of rotatable bonds is 4. The van der Waals surface area contributed by atoms with E-state index in [-0.39, 0.29) is 11.3 Å². The number of phenols is 1. The van der Waals surface area contributed by atoms with Gasteiger partial charge in [0.05, 0.1) is 13.2 Å². The summed E-state index contributed by atoms with van der Waals surface area (Å²) in [7, 11) is 1.30. The lowest BCUT2D eigenvalue weighted by Crippen LogP contribution is -2.45. The van der Waals surface area contributed by atoms with E-state index in [1.807, 2.05) is 12.1 Å². The fourth-order valence-corrected chi connectivity index (χ4v) is 4.57. The van der Waals surface area contributed by atoms with Crippen LogP contribution in [0.4, 0.5) is 4.39 Å². The van der Waals surface area contributed by atoms with E-state index in [1.165, 1.54) is 25.5 Å². The van der Waals surface area contributed by atoms with Gasteiger partial charge in [-0.05, 0) is 35.9 Å². The zero-order valence-corrected chi connectivity index (χ0v) is 17.5. The van der Waals surface area contributed by atoms with E-state index in [1.54, 1.807) is 18.5 Å². The number of piperazine rings is 1. The molecule has 1 aliphatic heterocycles. The number of halogens is 1. The summed E-state index contributed by atoms with van der Waals surface area (Å²) in [5.74, 6) is -1.13. The van der Waals surface area contributed by atoms with Gasteiger partial charge in [0, 0.05) is 60.3 Å². The van der Waals surface area contributed by atoms with Crippen LogP contribution >= 0.6 is 0 Å². The maximum Gasteiger partial charge on any atom is 0.341 e. The van der Waals surface area contributed by atoms with Gasteiger partial charge in [-0.25, -0.2) is 9.18 Å². The van der Waals surface area contributed by atoms with E-state index >= 15 is 0 Å². The predicted octanol–water partition coefficient (Wildman–Crippen LogP) is 3.61. The number of methoxy groups -OCH3 is 1. The lowest BCUT2D eigenvalue weighted by molar-refractivity contribution is 0.0601. The van der Waals surface area contributed by atoms with Crippen molar-refractivity contribution in [3.63, 3.8) is 0 Å². The van der Waals surface area contributed by atoms with Crippen molar-refractivity contribution in [1.82, 2.24) is 15.2 Å². The molecule has 0 saturated carbocycles. The zero-order valence-electron chi connectivity index (χ0n) is 17.5. The quantitative estimate of drug-likeness (QED) is 0.474. The van der Waals surface area contributed by atoms with Crippen molar-refractivity contribution in [2.75, 3.05) is 33.3 Å². The van der Waals surface area contributed by atoms with Gasteiger partial charge >= 0.3 is 5.97 Å². The molecule has 0 spiro atoms. The number of carbonyl (C=O) groups excluding carboxylic acids is 1. The van der Waals surface area contributed by atoms with Crippen LogP contribution in [0.1, 0.15) is 27.5 Å². The monoisotopic (exact) mass is 435 g/mol. The van der Waals surface area contributed by atoms with Crippen molar-refractivity contribution in [1.29, 1.82) is 0 Å². The number of fused-ring (bicyclic) bond motifs is 3. The minimum atomic E-state index is -0.570. The second-order valence-corrected chi connectivity index (χ2v) is 7.77. The van der Waals surface area contributed by atoms with E-state index in [2.05, 4.69) is 15.2 Å². The Labute approximate surface area is 183 Å². The number of nitrogens with zero attached hydrogens (tertiary/aromatic N) is 2. The van der Waals surface area contributed by atoms with E-state index in [9.17, 15) is 14.3 Å². The Hall–Kier alpha value is -3.49. The molecule has 1 fully saturated rings. The Balaban J connectivity index is 1.89. The molecule has 5 rings (SSSR count). The van der Waals surface area contributed by atoms with Crippen LogP contribution in [0, 0.1) is 5.82 Å². The van der Waals surface area contributed by atoms with Gasteiger partial charge in [0.25, 0.3) is 0 Å². The summed E-state index contributed by atoms with van der Waals surface area (Å²) in [5.41, 5.74) is 2.00. The molecular weight excluding hydrogens is 413 g/mol. The summed E-state index contributed by atoms with van der Waals surface area (Å²) in [4.78, 5) is 19.0. The average molecular weight is 435 g/mol. The van der Waals surface area contributed by atoms with Crippen molar-refractivity contribution < 1.29 is 23.4 Å².